The molecule has 0 bridgehead atoms. The van der Waals surface area contributed by atoms with E-state index in [1.807, 2.05) is 35.2 Å². The number of fused-ring (bicyclic) bond motifs is 1. The number of aldehydes is 1. The van der Waals surface area contributed by atoms with Gasteiger partial charge in [-0.3, -0.25) is 4.79 Å². The SMILES string of the molecule is C=CCN(CC=C)c1nc2ccccc2cc1C=O. The van der Waals surface area contributed by atoms with E-state index in [0.29, 0.717) is 24.5 Å². The van der Waals surface area contributed by atoms with Gasteiger partial charge in [0.2, 0.25) is 0 Å². The molecule has 19 heavy (non-hydrogen) atoms. The van der Waals surface area contributed by atoms with Crippen LogP contribution < -0.4 is 4.90 Å². The summed E-state index contributed by atoms with van der Waals surface area (Å²) in [6, 6.07) is 9.62. The highest BCUT2D eigenvalue weighted by atomic mass is 16.1. The van der Waals surface area contributed by atoms with Crippen molar-refractivity contribution in [2.45, 2.75) is 0 Å². The van der Waals surface area contributed by atoms with Gasteiger partial charge in [-0.1, -0.05) is 30.4 Å². The maximum atomic E-state index is 11.3. The molecule has 0 unspecified atom stereocenters. The zero-order chi connectivity index (χ0) is 13.7. The second-order valence-electron chi connectivity index (χ2n) is 4.19. The predicted octanol–water partition coefficient (Wildman–Crippen LogP) is 3.23. The lowest BCUT2D eigenvalue weighted by Gasteiger charge is -2.22. The normalized spacial score (nSPS) is 10.1. The number of carbonyl (C=O) groups is 1. The Hall–Kier alpha value is -2.42. The molecule has 1 aromatic heterocycles. The molecule has 0 amide bonds. The first-order valence-corrected chi connectivity index (χ1v) is 6.12. The third-order valence-corrected chi connectivity index (χ3v) is 2.86. The lowest BCUT2D eigenvalue weighted by atomic mass is 10.1. The molecule has 0 saturated heterocycles. The van der Waals surface area contributed by atoms with Crippen LogP contribution in [0.4, 0.5) is 5.82 Å². The molecule has 0 atom stereocenters. The van der Waals surface area contributed by atoms with Gasteiger partial charge in [-0.2, -0.15) is 0 Å². The number of hydrogen-bond acceptors (Lipinski definition) is 3. The molecule has 0 spiro atoms. The molecule has 0 N–H and O–H groups in total. The molecular weight excluding hydrogens is 236 g/mol. The molecule has 0 radical (unpaired) electrons. The van der Waals surface area contributed by atoms with E-state index in [9.17, 15) is 4.79 Å². The first-order valence-electron chi connectivity index (χ1n) is 6.12. The Morgan fingerprint density at radius 1 is 1.16 bits per heavy atom. The summed E-state index contributed by atoms with van der Waals surface area (Å²) in [6.07, 6.45) is 4.41. The van der Waals surface area contributed by atoms with Gasteiger partial charge >= 0.3 is 0 Å². The Balaban J connectivity index is 2.58. The molecule has 0 aliphatic carbocycles. The van der Waals surface area contributed by atoms with E-state index < -0.39 is 0 Å². The zero-order valence-electron chi connectivity index (χ0n) is 10.7. The van der Waals surface area contributed by atoms with Gasteiger partial charge in [0.25, 0.3) is 0 Å². The highest BCUT2D eigenvalue weighted by molar-refractivity contribution is 5.91. The molecule has 1 aromatic carbocycles. The Morgan fingerprint density at radius 3 is 2.47 bits per heavy atom. The van der Waals surface area contributed by atoms with E-state index >= 15 is 0 Å². The Kier molecular flexibility index (Phi) is 4.08. The highest BCUT2D eigenvalue weighted by Crippen LogP contribution is 2.22. The number of rotatable bonds is 6. The summed E-state index contributed by atoms with van der Waals surface area (Å²) in [4.78, 5) is 17.8. The van der Waals surface area contributed by atoms with Crippen LogP contribution >= 0.6 is 0 Å². The Bertz CT molecular complexity index is 609. The van der Waals surface area contributed by atoms with Crippen LogP contribution in [0.5, 0.6) is 0 Å². The number of carbonyl (C=O) groups excluding carboxylic acids is 1. The number of hydrogen-bond donors (Lipinski definition) is 0. The third-order valence-electron chi connectivity index (χ3n) is 2.86. The highest BCUT2D eigenvalue weighted by Gasteiger charge is 2.12. The van der Waals surface area contributed by atoms with Gasteiger partial charge < -0.3 is 4.90 Å². The average molecular weight is 252 g/mol. The first-order chi connectivity index (χ1) is 9.30. The monoisotopic (exact) mass is 252 g/mol. The molecule has 0 aliphatic rings. The fourth-order valence-electron chi connectivity index (χ4n) is 2.02. The quantitative estimate of drug-likeness (QED) is 0.584. The van der Waals surface area contributed by atoms with Crippen LogP contribution in [0.2, 0.25) is 0 Å². The molecule has 0 fully saturated rings. The van der Waals surface area contributed by atoms with Crippen LogP contribution in [0.25, 0.3) is 10.9 Å². The smallest absolute Gasteiger partial charge is 0.153 e. The fraction of sp³-hybridized carbons (Fsp3) is 0.125. The second-order valence-corrected chi connectivity index (χ2v) is 4.19. The van der Waals surface area contributed by atoms with Gasteiger partial charge in [0.1, 0.15) is 5.82 Å². The zero-order valence-corrected chi connectivity index (χ0v) is 10.7. The van der Waals surface area contributed by atoms with Crippen molar-refractivity contribution in [1.29, 1.82) is 0 Å². The van der Waals surface area contributed by atoms with E-state index in [-0.39, 0.29) is 0 Å². The van der Waals surface area contributed by atoms with Gasteiger partial charge in [-0.05, 0) is 12.1 Å². The lowest BCUT2D eigenvalue weighted by molar-refractivity contribution is 0.112. The van der Waals surface area contributed by atoms with Crippen molar-refractivity contribution in [3.05, 3.63) is 61.2 Å². The van der Waals surface area contributed by atoms with Crippen molar-refractivity contribution in [3.63, 3.8) is 0 Å². The van der Waals surface area contributed by atoms with Gasteiger partial charge in [0, 0.05) is 18.5 Å². The van der Waals surface area contributed by atoms with Gasteiger partial charge in [0.15, 0.2) is 6.29 Å². The van der Waals surface area contributed by atoms with Gasteiger partial charge in [-0.15, -0.1) is 13.2 Å². The van der Waals surface area contributed by atoms with Crippen molar-refractivity contribution in [2.75, 3.05) is 18.0 Å². The minimum atomic E-state index is 0.586. The second kappa shape index (κ2) is 5.96. The van der Waals surface area contributed by atoms with Crippen molar-refractivity contribution < 1.29 is 4.79 Å². The van der Waals surface area contributed by atoms with Crippen molar-refractivity contribution in [3.8, 4) is 0 Å². The molecule has 2 aromatic rings. The number of para-hydroxylation sites is 1. The summed E-state index contributed by atoms with van der Waals surface area (Å²) in [6.45, 7) is 8.71. The standard InChI is InChI=1S/C16H16N2O/c1-3-9-18(10-4-2)16-14(12-19)11-13-7-5-6-8-15(13)17-16/h3-8,11-12H,1-2,9-10H2. The maximum absolute atomic E-state index is 11.3. The fourth-order valence-corrected chi connectivity index (χ4v) is 2.02. The number of anilines is 1. The molecule has 3 nitrogen and oxygen atoms in total. The minimum absolute atomic E-state index is 0.586. The van der Waals surface area contributed by atoms with Crippen LogP contribution in [0, 0.1) is 0 Å². The van der Waals surface area contributed by atoms with Gasteiger partial charge in [-0.25, -0.2) is 4.98 Å². The topological polar surface area (TPSA) is 33.2 Å². The Labute approximate surface area is 112 Å². The van der Waals surface area contributed by atoms with Crippen molar-refractivity contribution in [2.24, 2.45) is 0 Å². The van der Waals surface area contributed by atoms with Crippen LogP contribution in [-0.4, -0.2) is 24.4 Å². The summed E-state index contributed by atoms with van der Waals surface area (Å²) >= 11 is 0. The summed E-state index contributed by atoms with van der Waals surface area (Å²) in [5, 5.41) is 0.963. The summed E-state index contributed by atoms with van der Waals surface area (Å²) in [5.41, 5.74) is 1.46. The molecule has 0 saturated carbocycles. The van der Waals surface area contributed by atoms with E-state index in [1.54, 1.807) is 12.2 Å². The first kappa shape index (κ1) is 13.0. The summed E-state index contributed by atoms with van der Waals surface area (Å²) in [5.74, 6) is 0.675. The van der Waals surface area contributed by atoms with E-state index in [4.69, 9.17) is 0 Å². The van der Waals surface area contributed by atoms with Crippen LogP contribution in [0.3, 0.4) is 0 Å². The predicted molar refractivity (Wildman–Crippen MR) is 79.7 cm³/mol. The van der Waals surface area contributed by atoms with Gasteiger partial charge in [0.05, 0.1) is 11.1 Å². The summed E-state index contributed by atoms with van der Waals surface area (Å²) < 4.78 is 0. The third kappa shape index (κ3) is 2.71. The summed E-state index contributed by atoms with van der Waals surface area (Å²) in [7, 11) is 0. The van der Waals surface area contributed by atoms with E-state index in [0.717, 1.165) is 17.2 Å². The molecule has 3 heteroatoms. The molecular formula is C16H16N2O. The number of nitrogens with zero attached hydrogens (tertiary/aromatic N) is 2. The van der Waals surface area contributed by atoms with E-state index in [2.05, 4.69) is 18.1 Å². The largest absolute Gasteiger partial charge is 0.349 e. The molecule has 96 valence electrons. The van der Waals surface area contributed by atoms with Crippen LogP contribution in [0.15, 0.2) is 55.6 Å². The van der Waals surface area contributed by atoms with Crippen molar-refractivity contribution >= 4 is 23.0 Å². The van der Waals surface area contributed by atoms with E-state index in [1.165, 1.54) is 0 Å². The average Bonchev–Trinajstić information content (AvgIpc) is 2.45. The number of benzene rings is 1. The lowest BCUT2D eigenvalue weighted by Crippen LogP contribution is -2.25. The van der Waals surface area contributed by atoms with Crippen molar-refractivity contribution in [1.82, 2.24) is 4.98 Å². The van der Waals surface area contributed by atoms with Crippen LogP contribution in [-0.2, 0) is 0 Å². The molecule has 1 heterocycles. The molecule has 2 rings (SSSR count). The maximum Gasteiger partial charge on any atom is 0.153 e. The number of pyridine rings is 1. The van der Waals surface area contributed by atoms with Crippen LogP contribution in [0.1, 0.15) is 10.4 Å². The minimum Gasteiger partial charge on any atom is -0.349 e. The Morgan fingerprint density at radius 2 is 1.84 bits per heavy atom. The number of aromatic nitrogens is 1. The molecule has 0 aliphatic heterocycles.